The summed E-state index contributed by atoms with van der Waals surface area (Å²) < 4.78 is 5.10. The van der Waals surface area contributed by atoms with Gasteiger partial charge in [0.2, 0.25) is 0 Å². The van der Waals surface area contributed by atoms with E-state index in [9.17, 15) is 4.79 Å². The number of rotatable bonds is 4. The van der Waals surface area contributed by atoms with Gasteiger partial charge in [-0.2, -0.15) is 0 Å². The number of carbonyl (C=O) groups is 1. The van der Waals surface area contributed by atoms with E-state index in [2.05, 4.69) is 17.2 Å². The molecule has 0 saturated carbocycles. The number of aliphatic hydroxyl groups excluding tert-OH is 1. The number of aliphatic hydroxyl groups is 1. The molecule has 0 fully saturated rings. The second-order valence-electron chi connectivity index (χ2n) is 4.17. The molecule has 2 heterocycles. The van der Waals surface area contributed by atoms with E-state index >= 15 is 0 Å². The third-order valence-electron chi connectivity index (χ3n) is 2.53. The van der Waals surface area contributed by atoms with Crippen molar-refractivity contribution in [1.82, 2.24) is 5.32 Å². The third-order valence-corrected chi connectivity index (χ3v) is 3.53. The zero-order valence-corrected chi connectivity index (χ0v) is 11.9. The Balaban J connectivity index is 1.88. The predicted molar refractivity (Wildman–Crippen MR) is 77.5 cm³/mol. The van der Waals surface area contributed by atoms with Crippen LogP contribution in [0.5, 0.6) is 0 Å². The lowest BCUT2D eigenvalue weighted by Gasteiger charge is -2.00. The number of thiophene rings is 1. The molecule has 104 valence electrons. The van der Waals surface area contributed by atoms with E-state index in [0.717, 1.165) is 9.75 Å². The zero-order chi connectivity index (χ0) is 14.4. The molecule has 2 aromatic rings. The number of aryl methyl sites for hydroxylation is 1. The number of carbonyl (C=O) groups excluding carboxylic acids is 1. The summed E-state index contributed by atoms with van der Waals surface area (Å²) in [5.41, 5.74) is 0.530. The molecular formula is C15H15NO3S. The van der Waals surface area contributed by atoms with Gasteiger partial charge in [-0.25, -0.2) is 0 Å². The summed E-state index contributed by atoms with van der Waals surface area (Å²) in [6, 6.07) is 5.56. The summed E-state index contributed by atoms with van der Waals surface area (Å²) in [4.78, 5) is 13.8. The van der Waals surface area contributed by atoms with E-state index in [1.54, 1.807) is 13.0 Å². The minimum absolute atomic E-state index is 0.0748. The Hall–Kier alpha value is -2.03. The summed E-state index contributed by atoms with van der Waals surface area (Å²) in [6.45, 7) is 2.34. The van der Waals surface area contributed by atoms with Crippen LogP contribution in [0.25, 0.3) is 0 Å². The van der Waals surface area contributed by atoms with Gasteiger partial charge in [0.15, 0.2) is 0 Å². The van der Waals surface area contributed by atoms with Crippen LogP contribution < -0.4 is 5.32 Å². The number of hydrogen-bond donors (Lipinski definition) is 2. The minimum atomic E-state index is -0.150. The second-order valence-corrected chi connectivity index (χ2v) is 5.34. The van der Waals surface area contributed by atoms with Crippen LogP contribution in [0.2, 0.25) is 0 Å². The molecule has 0 bridgehead atoms. The van der Waals surface area contributed by atoms with Crippen molar-refractivity contribution in [3.8, 4) is 11.8 Å². The smallest absolute Gasteiger partial charge is 0.254 e. The summed E-state index contributed by atoms with van der Waals surface area (Å²) in [7, 11) is 0. The van der Waals surface area contributed by atoms with Crippen LogP contribution in [0, 0.1) is 18.8 Å². The first-order valence-electron chi connectivity index (χ1n) is 6.21. The highest BCUT2D eigenvalue weighted by atomic mass is 32.1. The normalized spacial score (nSPS) is 9.90. The molecule has 4 nitrogen and oxygen atoms in total. The topological polar surface area (TPSA) is 62.5 Å². The van der Waals surface area contributed by atoms with E-state index in [0.29, 0.717) is 24.3 Å². The van der Waals surface area contributed by atoms with Crippen molar-refractivity contribution >= 4 is 17.2 Å². The maximum atomic E-state index is 11.8. The van der Waals surface area contributed by atoms with Gasteiger partial charge in [0.1, 0.15) is 12.0 Å². The minimum Gasteiger partial charge on any atom is -0.469 e. The van der Waals surface area contributed by atoms with Crippen LogP contribution in [0.15, 0.2) is 28.9 Å². The first-order valence-corrected chi connectivity index (χ1v) is 7.02. The van der Waals surface area contributed by atoms with Crippen molar-refractivity contribution in [3.05, 3.63) is 45.5 Å². The molecule has 0 aliphatic carbocycles. The Morgan fingerprint density at radius 3 is 3.05 bits per heavy atom. The maximum Gasteiger partial charge on any atom is 0.254 e. The van der Waals surface area contributed by atoms with Crippen LogP contribution >= 0.6 is 11.3 Å². The van der Waals surface area contributed by atoms with Gasteiger partial charge >= 0.3 is 0 Å². The molecule has 0 atom stereocenters. The molecule has 2 rings (SSSR count). The highest BCUT2D eigenvalue weighted by Gasteiger charge is 2.08. The first-order chi connectivity index (χ1) is 9.69. The van der Waals surface area contributed by atoms with Crippen molar-refractivity contribution in [2.75, 3.05) is 6.61 Å². The zero-order valence-electron chi connectivity index (χ0n) is 11.1. The number of hydrogen-bond acceptors (Lipinski definition) is 4. The van der Waals surface area contributed by atoms with Crippen molar-refractivity contribution in [2.24, 2.45) is 0 Å². The average Bonchev–Trinajstić information content (AvgIpc) is 3.05. The molecule has 0 aromatic carbocycles. The van der Waals surface area contributed by atoms with Crippen LogP contribution in [0.1, 0.15) is 32.3 Å². The van der Waals surface area contributed by atoms with E-state index in [1.165, 1.54) is 17.6 Å². The van der Waals surface area contributed by atoms with Crippen molar-refractivity contribution in [1.29, 1.82) is 0 Å². The molecule has 0 aliphatic rings. The fourth-order valence-corrected chi connectivity index (χ4v) is 2.40. The molecule has 0 unspecified atom stereocenters. The third kappa shape index (κ3) is 3.98. The highest BCUT2D eigenvalue weighted by Crippen LogP contribution is 2.15. The Kier molecular flexibility index (Phi) is 4.99. The lowest BCUT2D eigenvalue weighted by atomic mass is 10.3. The molecule has 0 aliphatic heterocycles. The van der Waals surface area contributed by atoms with Gasteiger partial charge in [-0.05, 0) is 25.1 Å². The molecule has 20 heavy (non-hydrogen) atoms. The predicted octanol–water partition coefficient (Wildman–Crippen LogP) is 2.31. The van der Waals surface area contributed by atoms with Crippen LogP contribution in [-0.4, -0.2) is 17.6 Å². The summed E-state index contributed by atoms with van der Waals surface area (Å²) >= 11 is 1.53. The molecule has 1 amide bonds. The highest BCUT2D eigenvalue weighted by molar-refractivity contribution is 7.12. The standard InChI is InChI=1S/C15H15NO3S/c1-11-8-12(10-19-11)15(18)16-9-14-6-5-13(20-14)4-2-3-7-17/h5-6,8,10,17H,3,7,9H2,1H3,(H,16,18). The lowest BCUT2D eigenvalue weighted by molar-refractivity contribution is 0.0950. The van der Waals surface area contributed by atoms with Crippen LogP contribution in [0.4, 0.5) is 0 Å². The Bertz CT molecular complexity index is 645. The largest absolute Gasteiger partial charge is 0.469 e. The monoisotopic (exact) mass is 289 g/mol. The van der Waals surface area contributed by atoms with Crippen molar-refractivity contribution < 1.29 is 14.3 Å². The molecule has 5 heteroatoms. The number of nitrogens with one attached hydrogen (secondary N) is 1. The lowest BCUT2D eigenvalue weighted by Crippen LogP contribution is -2.21. The van der Waals surface area contributed by atoms with Crippen LogP contribution in [0.3, 0.4) is 0 Å². The Labute approximate surface area is 121 Å². The SMILES string of the molecule is Cc1cc(C(=O)NCc2ccc(C#CCCO)s2)co1. The van der Waals surface area contributed by atoms with E-state index in [1.807, 2.05) is 12.1 Å². The van der Waals surface area contributed by atoms with Crippen LogP contribution in [-0.2, 0) is 6.54 Å². The molecular weight excluding hydrogens is 274 g/mol. The van der Waals surface area contributed by atoms with E-state index < -0.39 is 0 Å². The van der Waals surface area contributed by atoms with E-state index in [4.69, 9.17) is 9.52 Å². The van der Waals surface area contributed by atoms with Gasteiger partial charge in [0.05, 0.1) is 23.6 Å². The Morgan fingerprint density at radius 1 is 1.50 bits per heavy atom. The Morgan fingerprint density at radius 2 is 2.35 bits per heavy atom. The van der Waals surface area contributed by atoms with Crippen molar-refractivity contribution in [3.63, 3.8) is 0 Å². The summed E-state index contributed by atoms with van der Waals surface area (Å²) in [5, 5.41) is 11.5. The van der Waals surface area contributed by atoms with Crippen molar-refractivity contribution in [2.45, 2.75) is 19.9 Å². The first kappa shape index (κ1) is 14.4. The van der Waals surface area contributed by atoms with Gasteiger partial charge in [0, 0.05) is 11.3 Å². The molecule has 2 N–H and O–H groups in total. The van der Waals surface area contributed by atoms with Gasteiger partial charge in [-0.3, -0.25) is 4.79 Å². The molecule has 2 aromatic heterocycles. The average molecular weight is 289 g/mol. The molecule has 0 saturated heterocycles. The number of furan rings is 1. The van der Waals surface area contributed by atoms with Gasteiger partial charge < -0.3 is 14.8 Å². The quantitative estimate of drug-likeness (QED) is 0.849. The summed E-state index contributed by atoms with van der Waals surface area (Å²) in [6.07, 6.45) is 1.93. The fraction of sp³-hybridized carbons (Fsp3) is 0.267. The molecule has 0 spiro atoms. The van der Waals surface area contributed by atoms with Gasteiger partial charge in [0.25, 0.3) is 5.91 Å². The summed E-state index contributed by atoms with van der Waals surface area (Å²) in [5.74, 6) is 6.40. The van der Waals surface area contributed by atoms with Gasteiger partial charge in [-0.15, -0.1) is 11.3 Å². The second kappa shape index (κ2) is 6.94. The van der Waals surface area contributed by atoms with E-state index in [-0.39, 0.29) is 12.5 Å². The maximum absolute atomic E-state index is 11.8. The fourth-order valence-electron chi connectivity index (χ4n) is 1.58. The number of amides is 1. The van der Waals surface area contributed by atoms with Gasteiger partial charge in [-0.1, -0.05) is 11.8 Å². The molecule has 0 radical (unpaired) electrons.